The number of piperidine rings is 1. The van der Waals surface area contributed by atoms with Gasteiger partial charge in [0.25, 0.3) is 0 Å². The van der Waals surface area contributed by atoms with Crippen LogP contribution in [0.2, 0.25) is 0 Å². The monoisotopic (exact) mass is 243 g/mol. The highest BCUT2D eigenvalue weighted by Crippen LogP contribution is 2.18. The van der Waals surface area contributed by atoms with Crippen LogP contribution in [0.4, 0.5) is 0 Å². The lowest BCUT2D eigenvalue weighted by Gasteiger charge is -2.33. The molecule has 0 spiro atoms. The van der Waals surface area contributed by atoms with E-state index in [1.165, 1.54) is 6.42 Å². The van der Waals surface area contributed by atoms with E-state index in [0.29, 0.717) is 6.61 Å². The lowest BCUT2D eigenvalue weighted by Crippen LogP contribution is -2.46. The molecule has 1 fully saturated rings. The maximum Gasteiger partial charge on any atom is 0.323 e. The molecule has 0 aromatic rings. The molecule has 0 saturated carbocycles. The van der Waals surface area contributed by atoms with Crippen molar-refractivity contribution in [2.45, 2.75) is 45.6 Å². The third kappa shape index (κ3) is 5.04. The normalized spacial score (nSPS) is 21.4. The molecule has 0 radical (unpaired) electrons. The first kappa shape index (κ1) is 14.5. The molecule has 4 heteroatoms. The van der Waals surface area contributed by atoms with Crippen LogP contribution in [0.15, 0.2) is 0 Å². The summed E-state index contributed by atoms with van der Waals surface area (Å²) in [6, 6.07) is -0.0228. The van der Waals surface area contributed by atoms with Gasteiger partial charge in [-0.15, -0.1) is 0 Å². The van der Waals surface area contributed by atoms with Crippen molar-refractivity contribution in [1.29, 1.82) is 0 Å². The van der Waals surface area contributed by atoms with Gasteiger partial charge in [0.05, 0.1) is 6.61 Å². The van der Waals surface area contributed by atoms with Crippen LogP contribution in [-0.2, 0) is 14.3 Å². The first-order valence-corrected chi connectivity index (χ1v) is 6.78. The van der Waals surface area contributed by atoms with Gasteiger partial charge < -0.3 is 9.47 Å². The Kier molecular flexibility index (Phi) is 7.21. The molecule has 1 atom stereocenters. The van der Waals surface area contributed by atoms with E-state index in [1.54, 1.807) is 0 Å². The summed E-state index contributed by atoms with van der Waals surface area (Å²) in [7, 11) is 0. The SMILES string of the molecule is CCOCCCN1CCCCC1C(=O)OCC. The van der Waals surface area contributed by atoms with Crippen LogP contribution in [0.5, 0.6) is 0 Å². The molecule has 1 saturated heterocycles. The molecule has 1 unspecified atom stereocenters. The van der Waals surface area contributed by atoms with Gasteiger partial charge in [-0.05, 0) is 39.7 Å². The third-order valence-electron chi connectivity index (χ3n) is 3.11. The van der Waals surface area contributed by atoms with Gasteiger partial charge in [-0.3, -0.25) is 9.69 Å². The van der Waals surface area contributed by atoms with E-state index < -0.39 is 0 Å². The van der Waals surface area contributed by atoms with E-state index in [2.05, 4.69) is 4.90 Å². The van der Waals surface area contributed by atoms with Gasteiger partial charge in [-0.1, -0.05) is 6.42 Å². The molecule has 100 valence electrons. The topological polar surface area (TPSA) is 38.8 Å². The predicted molar refractivity (Wildman–Crippen MR) is 67.0 cm³/mol. The van der Waals surface area contributed by atoms with Gasteiger partial charge in [0.1, 0.15) is 6.04 Å². The van der Waals surface area contributed by atoms with Gasteiger partial charge >= 0.3 is 5.97 Å². The van der Waals surface area contributed by atoms with Crippen LogP contribution in [0, 0.1) is 0 Å². The molecule has 0 aromatic carbocycles. The Labute approximate surface area is 104 Å². The van der Waals surface area contributed by atoms with Crippen LogP contribution in [0.25, 0.3) is 0 Å². The summed E-state index contributed by atoms with van der Waals surface area (Å²) in [4.78, 5) is 14.1. The zero-order chi connectivity index (χ0) is 12.5. The van der Waals surface area contributed by atoms with E-state index in [1.807, 2.05) is 13.8 Å². The van der Waals surface area contributed by atoms with Crippen LogP contribution in [0.1, 0.15) is 39.5 Å². The van der Waals surface area contributed by atoms with E-state index in [-0.39, 0.29) is 12.0 Å². The number of carbonyl (C=O) groups excluding carboxylic acids is 1. The Morgan fingerprint density at radius 1 is 1.29 bits per heavy atom. The summed E-state index contributed by atoms with van der Waals surface area (Å²) in [6.45, 7) is 7.83. The van der Waals surface area contributed by atoms with E-state index in [0.717, 1.165) is 45.6 Å². The maximum atomic E-state index is 11.8. The van der Waals surface area contributed by atoms with E-state index in [9.17, 15) is 4.79 Å². The highest BCUT2D eigenvalue weighted by molar-refractivity contribution is 5.75. The first-order valence-electron chi connectivity index (χ1n) is 6.78. The number of ether oxygens (including phenoxy) is 2. The fourth-order valence-electron chi connectivity index (χ4n) is 2.28. The van der Waals surface area contributed by atoms with Crippen LogP contribution >= 0.6 is 0 Å². The molecule has 1 aliphatic heterocycles. The molecule has 0 amide bonds. The zero-order valence-corrected chi connectivity index (χ0v) is 11.1. The van der Waals surface area contributed by atoms with Crippen molar-refractivity contribution in [3.63, 3.8) is 0 Å². The number of nitrogens with zero attached hydrogens (tertiary/aromatic N) is 1. The fraction of sp³-hybridized carbons (Fsp3) is 0.923. The van der Waals surface area contributed by atoms with Crippen LogP contribution < -0.4 is 0 Å². The van der Waals surface area contributed by atoms with Gasteiger partial charge in [0.2, 0.25) is 0 Å². The lowest BCUT2D eigenvalue weighted by molar-refractivity contribution is -0.151. The Morgan fingerprint density at radius 2 is 2.12 bits per heavy atom. The number of hydrogen-bond acceptors (Lipinski definition) is 4. The van der Waals surface area contributed by atoms with Crippen molar-refractivity contribution >= 4 is 5.97 Å². The van der Waals surface area contributed by atoms with Crippen LogP contribution in [0.3, 0.4) is 0 Å². The Bertz CT molecular complexity index is 221. The van der Waals surface area contributed by atoms with Crippen molar-refractivity contribution in [3.05, 3.63) is 0 Å². The van der Waals surface area contributed by atoms with Gasteiger partial charge in [-0.25, -0.2) is 0 Å². The quantitative estimate of drug-likeness (QED) is 0.505. The second kappa shape index (κ2) is 8.48. The number of hydrogen-bond donors (Lipinski definition) is 0. The minimum absolute atomic E-state index is 0.0228. The molecular weight excluding hydrogens is 218 g/mol. The molecule has 0 aliphatic carbocycles. The average Bonchev–Trinajstić information content (AvgIpc) is 2.35. The number of likely N-dealkylation sites (tertiary alicyclic amines) is 1. The standard InChI is InChI=1S/C13H25NO3/c1-3-16-11-7-10-14-9-6-5-8-12(14)13(15)17-4-2/h12H,3-11H2,1-2H3. The molecule has 4 nitrogen and oxygen atoms in total. The van der Waals surface area contributed by atoms with E-state index in [4.69, 9.17) is 9.47 Å². The molecule has 0 bridgehead atoms. The average molecular weight is 243 g/mol. The van der Waals surface area contributed by atoms with E-state index >= 15 is 0 Å². The van der Waals surface area contributed by atoms with Crippen molar-refractivity contribution < 1.29 is 14.3 Å². The molecule has 1 rings (SSSR count). The minimum Gasteiger partial charge on any atom is -0.465 e. The van der Waals surface area contributed by atoms with Gasteiger partial charge in [-0.2, -0.15) is 0 Å². The smallest absolute Gasteiger partial charge is 0.323 e. The Balaban J connectivity index is 2.34. The minimum atomic E-state index is -0.0522. The molecule has 1 heterocycles. The lowest BCUT2D eigenvalue weighted by atomic mass is 10.0. The summed E-state index contributed by atoms with van der Waals surface area (Å²) in [6.07, 6.45) is 4.24. The molecule has 0 N–H and O–H groups in total. The van der Waals surface area contributed by atoms with Crippen molar-refractivity contribution in [3.8, 4) is 0 Å². The summed E-state index contributed by atoms with van der Waals surface area (Å²) in [5.74, 6) is -0.0522. The Hall–Kier alpha value is -0.610. The Morgan fingerprint density at radius 3 is 2.82 bits per heavy atom. The summed E-state index contributed by atoms with van der Waals surface area (Å²) < 4.78 is 10.5. The zero-order valence-electron chi connectivity index (χ0n) is 11.1. The van der Waals surface area contributed by atoms with Crippen molar-refractivity contribution in [2.24, 2.45) is 0 Å². The highest BCUT2D eigenvalue weighted by atomic mass is 16.5. The summed E-state index contributed by atoms with van der Waals surface area (Å²) >= 11 is 0. The number of rotatable bonds is 7. The van der Waals surface area contributed by atoms with Gasteiger partial charge in [0.15, 0.2) is 0 Å². The molecule has 17 heavy (non-hydrogen) atoms. The second-order valence-electron chi connectivity index (χ2n) is 4.35. The predicted octanol–water partition coefficient (Wildman–Crippen LogP) is 1.83. The third-order valence-corrected chi connectivity index (χ3v) is 3.11. The summed E-state index contributed by atoms with van der Waals surface area (Å²) in [5.41, 5.74) is 0. The summed E-state index contributed by atoms with van der Waals surface area (Å²) in [5, 5.41) is 0. The molecule has 0 aromatic heterocycles. The number of esters is 1. The van der Waals surface area contributed by atoms with Crippen molar-refractivity contribution in [1.82, 2.24) is 4.90 Å². The first-order chi connectivity index (χ1) is 8.29. The molecular formula is C13H25NO3. The second-order valence-corrected chi connectivity index (χ2v) is 4.35. The fourth-order valence-corrected chi connectivity index (χ4v) is 2.28. The number of carbonyl (C=O) groups is 1. The van der Waals surface area contributed by atoms with Gasteiger partial charge in [0, 0.05) is 19.8 Å². The molecule has 1 aliphatic rings. The maximum absolute atomic E-state index is 11.8. The largest absolute Gasteiger partial charge is 0.465 e. The van der Waals surface area contributed by atoms with Crippen LogP contribution in [-0.4, -0.2) is 49.8 Å². The van der Waals surface area contributed by atoms with Crippen molar-refractivity contribution in [2.75, 3.05) is 32.9 Å². The highest BCUT2D eigenvalue weighted by Gasteiger charge is 2.29.